The van der Waals surface area contributed by atoms with Crippen LogP contribution in [-0.4, -0.2) is 5.78 Å². The van der Waals surface area contributed by atoms with E-state index < -0.39 is 0 Å². The maximum Gasteiger partial charge on any atom is 0.129 e. The van der Waals surface area contributed by atoms with E-state index in [9.17, 15) is 4.79 Å². The Hall–Kier alpha value is -0.330. The van der Waals surface area contributed by atoms with Crippen LogP contribution < -0.4 is 0 Å². The van der Waals surface area contributed by atoms with E-state index in [-0.39, 0.29) is 0 Å². The maximum absolute atomic E-state index is 11.6. The summed E-state index contributed by atoms with van der Waals surface area (Å²) in [5.41, 5.74) is 1.11. The van der Waals surface area contributed by atoms with E-state index in [1.54, 1.807) is 6.92 Å². The molecule has 29 heavy (non-hydrogen) atoms. The molecule has 0 bridgehead atoms. The molecule has 0 N–H and O–H groups in total. The lowest BCUT2D eigenvalue weighted by atomic mass is 9.40. The number of ketones is 1. The zero-order valence-electron chi connectivity index (χ0n) is 20.5. The molecular formula is C28H48O. The lowest BCUT2D eigenvalue weighted by Crippen LogP contribution is -2.58. The molecule has 0 amide bonds. The Morgan fingerprint density at radius 2 is 1.72 bits per heavy atom. The molecule has 1 nitrogen and oxygen atoms in total. The number of hydrogen-bond acceptors (Lipinski definition) is 1. The van der Waals surface area contributed by atoms with Crippen molar-refractivity contribution in [1.29, 1.82) is 0 Å². The van der Waals surface area contributed by atoms with Gasteiger partial charge in [-0.3, -0.25) is 0 Å². The third-order valence-corrected chi connectivity index (χ3v) is 11.6. The fourth-order valence-electron chi connectivity index (χ4n) is 9.79. The summed E-state index contributed by atoms with van der Waals surface area (Å²) in [4.78, 5) is 11.6. The van der Waals surface area contributed by atoms with Crippen molar-refractivity contribution < 1.29 is 4.79 Å². The Balaban J connectivity index is 1.61. The Morgan fingerprint density at radius 1 is 1.00 bits per heavy atom. The Kier molecular flexibility index (Phi) is 5.79. The first-order valence-corrected chi connectivity index (χ1v) is 13.1. The first-order chi connectivity index (χ1) is 13.6. The predicted molar refractivity (Wildman–Crippen MR) is 123 cm³/mol. The molecule has 4 aliphatic carbocycles. The van der Waals surface area contributed by atoms with Crippen LogP contribution in [0, 0.1) is 64.1 Å². The Bertz CT molecular complexity index is 624. The number of carbonyl (C=O) groups excluding carboxylic acids is 1. The zero-order chi connectivity index (χ0) is 21.1. The molecular weight excluding hydrogens is 352 g/mol. The molecule has 0 aromatic heterocycles. The highest BCUT2D eigenvalue weighted by molar-refractivity contribution is 5.75. The highest BCUT2D eigenvalue weighted by Crippen LogP contribution is 2.71. The highest BCUT2D eigenvalue weighted by atomic mass is 16.1. The summed E-state index contributed by atoms with van der Waals surface area (Å²) in [5.74, 6) is 8.41. The van der Waals surface area contributed by atoms with Gasteiger partial charge in [0.15, 0.2) is 0 Å². The van der Waals surface area contributed by atoms with Crippen molar-refractivity contribution in [3.63, 3.8) is 0 Å². The number of carbonyl (C=O) groups is 1. The molecule has 4 aliphatic rings. The largest absolute Gasteiger partial charge is 0.300 e. The molecule has 0 aliphatic heterocycles. The molecule has 0 aromatic rings. The quantitative estimate of drug-likeness (QED) is 0.471. The maximum atomic E-state index is 11.6. The number of rotatable bonds is 4. The van der Waals surface area contributed by atoms with Crippen molar-refractivity contribution in [3.05, 3.63) is 0 Å². The van der Waals surface area contributed by atoms with Crippen molar-refractivity contribution in [2.45, 2.75) is 106 Å². The van der Waals surface area contributed by atoms with Gasteiger partial charge in [-0.05, 0) is 116 Å². The average Bonchev–Trinajstić information content (AvgIpc) is 3.01. The highest BCUT2D eigenvalue weighted by Gasteiger charge is 2.64. The lowest BCUT2D eigenvalue weighted by molar-refractivity contribution is -0.162. The van der Waals surface area contributed by atoms with Gasteiger partial charge in [0.2, 0.25) is 0 Å². The Labute approximate surface area is 181 Å². The van der Waals surface area contributed by atoms with Crippen LogP contribution in [0.1, 0.15) is 106 Å². The first-order valence-electron chi connectivity index (χ1n) is 13.1. The predicted octanol–water partition coefficient (Wildman–Crippen LogP) is 7.78. The standard InChI is InChI=1S/C28H48O/c1-17-12-13-27(6)22(14-17)15-19(3)26-24-11-10-23(18(2)8-9-21(5)29)28(24,7)20(4)16-25(26)27/h17-20,22-26H,8-16H2,1-7H3/t17-,18-,19?,20+,22+,23-,24+,25+,26+,27+,28-/m1/s1. The molecule has 4 fully saturated rings. The van der Waals surface area contributed by atoms with Crippen LogP contribution in [0.2, 0.25) is 0 Å². The summed E-state index contributed by atoms with van der Waals surface area (Å²) in [6.07, 6.45) is 12.2. The van der Waals surface area contributed by atoms with Gasteiger partial charge in [-0.15, -0.1) is 0 Å². The topological polar surface area (TPSA) is 17.1 Å². The minimum absolute atomic E-state index is 0.375. The van der Waals surface area contributed by atoms with Gasteiger partial charge in [0.1, 0.15) is 5.78 Å². The molecule has 0 saturated heterocycles. The van der Waals surface area contributed by atoms with Crippen LogP contribution >= 0.6 is 0 Å². The molecule has 0 radical (unpaired) electrons. The minimum atomic E-state index is 0.375. The number of Topliss-reactive ketones (excluding diaryl/α,β-unsaturated/α-hetero) is 1. The third-order valence-electron chi connectivity index (χ3n) is 11.6. The van der Waals surface area contributed by atoms with Gasteiger partial charge in [0.25, 0.3) is 0 Å². The van der Waals surface area contributed by atoms with Gasteiger partial charge in [0.05, 0.1) is 0 Å². The fourth-order valence-corrected chi connectivity index (χ4v) is 9.79. The first kappa shape index (κ1) is 21.9. The van der Waals surface area contributed by atoms with E-state index >= 15 is 0 Å². The van der Waals surface area contributed by atoms with E-state index in [1.807, 2.05) is 0 Å². The smallest absolute Gasteiger partial charge is 0.129 e. The fraction of sp³-hybridized carbons (Fsp3) is 0.964. The third kappa shape index (κ3) is 3.36. The van der Waals surface area contributed by atoms with Crippen LogP contribution in [0.25, 0.3) is 0 Å². The molecule has 11 atom stereocenters. The van der Waals surface area contributed by atoms with Crippen molar-refractivity contribution in [1.82, 2.24) is 0 Å². The van der Waals surface area contributed by atoms with Gasteiger partial charge >= 0.3 is 0 Å². The van der Waals surface area contributed by atoms with Crippen molar-refractivity contribution in [2.24, 2.45) is 64.1 Å². The van der Waals surface area contributed by atoms with Crippen LogP contribution in [0.4, 0.5) is 0 Å². The second-order valence-corrected chi connectivity index (χ2v) is 13.0. The average molecular weight is 401 g/mol. The monoisotopic (exact) mass is 400 g/mol. The van der Waals surface area contributed by atoms with Crippen LogP contribution in [0.5, 0.6) is 0 Å². The molecule has 0 spiro atoms. The summed E-state index contributed by atoms with van der Waals surface area (Å²) in [6, 6.07) is 0. The second-order valence-electron chi connectivity index (χ2n) is 13.0. The van der Waals surface area contributed by atoms with E-state index in [2.05, 4.69) is 41.5 Å². The SMILES string of the molecule is CC(=O)CC[C@@H](C)[C@H]1CC[C@H]2[C@@H]3C(C)C[C@@H]4C[C@H](C)CC[C@]4(C)[C@H]3C[C@H](C)[C@]12C. The van der Waals surface area contributed by atoms with Crippen molar-refractivity contribution in [2.75, 3.05) is 0 Å². The van der Waals surface area contributed by atoms with E-state index in [0.717, 1.165) is 60.2 Å². The number of hydrogen-bond donors (Lipinski definition) is 0. The van der Waals surface area contributed by atoms with E-state index in [4.69, 9.17) is 0 Å². The number of fused-ring (bicyclic) bond motifs is 5. The summed E-state index contributed by atoms with van der Waals surface area (Å²) in [5, 5.41) is 0. The second kappa shape index (κ2) is 7.67. The summed E-state index contributed by atoms with van der Waals surface area (Å²) in [7, 11) is 0. The summed E-state index contributed by atoms with van der Waals surface area (Å²) >= 11 is 0. The van der Waals surface area contributed by atoms with Crippen LogP contribution in [0.3, 0.4) is 0 Å². The molecule has 1 unspecified atom stereocenters. The van der Waals surface area contributed by atoms with Crippen molar-refractivity contribution >= 4 is 5.78 Å². The minimum Gasteiger partial charge on any atom is -0.300 e. The van der Waals surface area contributed by atoms with Gasteiger partial charge in [-0.25, -0.2) is 0 Å². The lowest BCUT2D eigenvalue weighted by Gasteiger charge is -2.65. The van der Waals surface area contributed by atoms with E-state index in [1.165, 1.54) is 44.9 Å². The van der Waals surface area contributed by atoms with Crippen molar-refractivity contribution in [3.8, 4) is 0 Å². The van der Waals surface area contributed by atoms with Gasteiger partial charge in [-0.1, -0.05) is 48.0 Å². The zero-order valence-corrected chi connectivity index (χ0v) is 20.5. The Morgan fingerprint density at radius 3 is 2.41 bits per heavy atom. The molecule has 0 aromatic carbocycles. The molecule has 166 valence electrons. The van der Waals surface area contributed by atoms with Crippen LogP contribution in [0.15, 0.2) is 0 Å². The molecule has 4 saturated carbocycles. The molecule has 4 rings (SSSR count). The summed E-state index contributed by atoms with van der Waals surface area (Å²) in [6.45, 7) is 17.4. The molecule has 1 heteroatoms. The van der Waals surface area contributed by atoms with Gasteiger partial charge in [-0.2, -0.15) is 0 Å². The normalized spacial score (nSPS) is 52.9. The summed E-state index contributed by atoms with van der Waals surface area (Å²) < 4.78 is 0. The van der Waals surface area contributed by atoms with Gasteiger partial charge in [0, 0.05) is 6.42 Å². The molecule has 0 heterocycles. The van der Waals surface area contributed by atoms with Crippen LogP contribution in [-0.2, 0) is 4.79 Å². The van der Waals surface area contributed by atoms with Gasteiger partial charge < -0.3 is 4.79 Å². The van der Waals surface area contributed by atoms with E-state index in [0.29, 0.717) is 22.5 Å².